The van der Waals surface area contributed by atoms with E-state index in [1.165, 1.54) is 0 Å². The molecule has 0 atom stereocenters. The van der Waals surface area contributed by atoms with Crippen LogP contribution < -0.4 is 0 Å². The molecular formula is C13H7NO2S3. The zero-order valence-electron chi connectivity index (χ0n) is 9.49. The topological polar surface area (TPSA) is 49.7 Å². The number of hydrogen-bond donors (Lipinski definition) is 1. The van der Waals surface area contributed by atoms with Crippen molar-refractivity contribution in [3.05, 3.63) is 42.0 Å². The van der Waals surface area contributed by atoms with Crippen LogP contribution in [0.25, 0.3) is 10.8 Å². The molecule has 0 aromatic heterocycles. The molecule has 2 rings (SSSR count). The molecule has 0 bridgehead atoms. The van der Waals surface area contributed by atoms with E-state index in [-0.39, 0.29) is 5.56 Å². The molecule has 0 saturated heterocycles. The van der Waals surface area contributed by atoms with Gasteiger partial charge in [0.2, 0.25) is 0 Å². The minimum atomic E-state index is -0.928. The van der Waals surface area contributed by atoms with Gasteiger partial charge < -0.3 is 5.11 Å². The number of thiocarbonyl (C=S) groups is 3. The largest absolute Gasteiger partial charge is 0.478 e. The third kappa shape index (κ3) is 4.41. The Morgan fingerprint density at radius 1 is 1.05 bits per heavy atom. The Hall–Kier alpha value is -1.81. The molecule has 0 heterocycles. The number of carboxylic acids is 1. The Morgan fingerprint density at radius 3 is 2.21 bits per heavy atom. The fourth-order valence-electron chi connectivity index (χ4n) is 1.49. The Kier molecular flexibility index (Phi) is 6.09. The summed E-state index contributed by atoms with van der Waals surface area (Å²) in [6.07, 6.45) is 0. The maximum absolute atomic E-state index is 10.8. The van der Waals surface area contributed by atoms with Crippen molar-refractivity contribution in [1.29, 1.82) is 0 Å². The molecule has 0 aliphatic rings. The number of rotatable bonds is 2. The first-order valence-corrected chi connectivity index (χ1v) is 6.19. The highest BCUT2D eigenvalue weighted by atomic mass is 32.1. The molecule has 0 radical (unpaired) electrons. The lowest BCUT2D eigenvalue weighted by atomic mass is 10.1. The molecule has 0 aliphatic carbocycles. The van der Waals surface area contributed by atoms with Crippen molar-refractivity contribution >= 4 is 68.6 Å². The molecule has 2 aromatic carbocycles. The number of fused-ring (bicyclic) bond motifs is 1. The Bertz CT molecular complexity index is 659. The molecule has 0 aliphatic heterocycles. The van der Waals surface area contributed by atoms with Crippen molar-refractivity contribution < 1.29 is 9.90 Å². The molecule has 94 valence electrons. The summed E-state index contributed by atoms with van der Waals surface area (Å²) in [7, 11) is 0. The van der Waals surface area contributed by atoms with Crippen molar-refractivity contribution in [3.8, 4) is 0 Å². The molecule has 3 nitrogen and oxygen atoms in total. The monoisotopic (exact) mass is 305 g/mol. The lowest BCUT2D eigenvalue weighted by Crippen LogP contribution is -1.94. The summed E-state index contributed by atoms with van der Waals surface area (Å²) in [6.45, 7) is 0. The van der Waals surface area contributed by atoms with E-state index in [0.717, 1.165) is 10.8 Å². The van der Waals surface area contributed by atoms with Crippen LogP contribution in [0.4, 0.5) is 5.69 Å². The van der Waals surface area contributed by atoms with E-state index in [9.17, 15) is 4.79 Å². The Labute approximate surface area is 125 Å². The van der Waals surface area contributed by atoms with Crippen LogP contribution in [0.5, 0.6) is 0 Å². The van der Waals surface area contributed by atoms with Crippen molar-refractivity contribution in [1.82, 2.24) is 0 Å². The number of aliphatic imine (C=N–C) groups is 1. The van der Waals surface area contributed by atoms with Crippen LogP contribution in [-0.4, -0.2) is 20.6 Å². The quantitative estimate of drug-likeness (QED) is 0.662. The summed E-state index contributed by atoms with van der Waals surface area (Å²) >= 11 is 12.4. The SMILES string of the molecule is O=C(O)c1ccc2cc(N=C=S)ccc2c1.S=C=S. The summed E-state index contributed by atoms with van der Waals surface area (Å²) in [4.78, 5) is 14.6. The Morgan fingerprint density at radius 2 is 1.63 bits per heavy atom. The second-order valence-corrected chi connectivity index (χ2v) is 4.19. The van der Waals surface area contributed by atoms with Gasteiger partial charge >= 0.3 is 5.97 Å². The highest BCUT2D eigenvalue weighted by molar-refractivity contribution is 7.93. The number of aromatic carboxylic acids is 1. The summed E-state index contributed by atoms with van der Waals surface area (Å²) in [5, 5.41) is 12.9. The van der Waals surface area contributed by atoms with E-state index in [1.807, 2.05) is 16.4 Å². The molecule has 0 saturated carbocycles. The van der Waals surface area contributed by atoms with E-state index in [0.29, 0.717) is 5.69 Å². The third-order valence-corrected chi connectivity index (χ3v) is 2.34. The van der Waals surface area contributed by atoms with Crippen LogP contribution in [-0.2, 0) is 0 Å². The number of nitrogens with zero attached hydrogens (tertiary/aromatic N) is 1. The average Bonchev–Trinajstić information content (AvgIpc) is 2.39. The lowest BCUT2D eigenvalue weighted by Gasteiger charge is -2.00. The lowest BCUT2D eigenvalue weighted by molar-refractivity contribution is 0.0697. The van der Waals surface area contributed by atoms with Gasteiger partial charge in [0.15, 0.2) is 0 Å². The summed E-state index contributed by atoms with van der Waals surface area (Å²) in [5.41, 5.74) is 0.990. The first-order valence-electron chi connectivity index (χ1n) is 4.96. The van der Waals surface area contributed by atoms with Gasteiger partial charge in [0.25, 0.3) is 0 Å². The highest BCUT2D eigenvalue weighted by Gasteiger charge is 2.03. The van der Waals surface area contributed by atoms with Gasteiger partial charge in [-0.1, -0.05) is 12.1 Å². The summed E-state index contributed by atoms with van der Waals surface area (Å²) < 4.78 is 1.92. The average molecular weight is 305 g/mol. The van der Waals surface area contributed by atoms with Crippen LogP contribution in [0.3, 0.4) is 0 Å². The summed E-state index contributed by atoms with van der Waals surface area (Å²) in [5.74, 6) is -0.928. The summed E-state index contributed by atoms with van der Waals surface area (Å²) in [6, 6.07) is 10.4. The number of hydrogen-bond acceptors (Lipinski definition) is 5. The van der Waals surface area contributed by atoms with E-state index >= 15 is 0 Å². The molecule has 0 spiro atoms. The van der Waals surface area contributed by atoms with Crippen molar-refractivity contribution in [2.24, 2.45) is 4.99 Å². The van der Waals surface area contributed by atoms with Crippen molar-refractivity contribution in [2.45, 2.75) is 0 Å². The fourth-order valence-corrected chi connectivity index (χ4v) is 1.59. The number of benzene rings is 2. The first-order chi connectivity index (χ1) is 9.12. The molecule has 19 heavy (non-hydrogen) atoms. The van der Waals surface area contributed by atoms with Crippen molar-refractivity contribution in [2.75, 3.05) is 0 Å². The maximum atomic E-state index is 10.8. The number of carboxylic acid groups (broad SMARTS) is 1. The Balaban J connectivity index is 0.000000550. The van der Waals surface area contributed by atoms with Gasteiger partial charge in [-0.2, -0.15) is 4.99 Å². The normalized spacial score (nSPS) is 8.63. The minimum Gasteiger partial charge on any atom is -0.478 e. The van der Waals surface area contributed by atoms with Gasteiger partial charge in [-0.3, -0.25) is 0 Å². The van der Waals surface area contributed by atoms with Crippen LogP contribution in [0.15, 0.2) is 41.4 Å². The predicted octanol–water partition coefficient (Wildman–Crippen LogP) is 4.29. The van der Waals surface area contributed by atoms with E-state index in [1.54, 1.807) is 24.3 Å². The fraction of sp³-hybridized carbons (Fsp3) is 0. The van der Waals surface area contributed by atoms with E-state index in [4.69, 9.17) is 5.11 Å². The smallest absolute Gasteiger partial charge is 0.335 e. The van der Waals surface area contributed by atoms with Crippen LogP contribution in [0.2, 0.25) is 0 Å². The maximum Gasteiger partial charge on any atom is 0.335 e. The van der Waals surface area contributed by atoms with Gasteiger partial charge in [0.1, 0.15) is 0 Å². The van der Waals surface area contributed by atoms with Gasteiger partial charge in [-0.05, 0) is 71.7 Å². The molecule has 6 heteroatoms. The van der Waals surface area contributed by atoms with Gasteiger partial charge in [0, 0.05) is 4.31 Å². The van der Waals surface area contributed by atoms with Gasteiger partial charge in [-0.15, -0.1) is 0 Å². The van der Waals surface area contributed by atoms with Crippen LogP contribution in [0.1, 0.15) is 10.4 Å². The zero-order valence-corrected chi connectivity index (χ0v) is 11.9. The molecular weight excluding hydrogens is 298 g/mol. The van der Waals surface area contributed by atoms with Crippen LogP contribution in [0, 0.1) is 0 Å². The van der Waals surface area contributed by atoms with Gasteiger partial charge in [0.05, 0.1) is 16.4 Å². The van der Waals surface area contributed by atoms with Crippen LogP contribution >= 0.6 is 36.7 Å². The highest BCUT2D eigenvalue weighted by Crippen LogP contribution is 2.22. The number of carbonyl (C=O) groups is 1. The van der Waals surface area contributed by atoms with E-state index < -0.39 is 5.97 Å². The first kappa shape index (κ1) is 15.2. The minimum absolute atomic E-state index is 0.276. The third-order valence-electron chi connectivity index (χ3n) is 2.25. The molecule has 0 unspecified atom stereocenters. The van der Waals surface area contributed by atoms with Crippen molar-refractivity contribution in [3.63, 3.8) is 0 Å². The standard InChI is InChI=1S/C12H7NO2S.CS2/c14-12(15)10-2-1-9-6-11(13-7-16)4-3-8(9)5-10;2-1-3/h1-6H,(H,14,15);. The number of isothiocyanates is 1. The molecule has 1 N–H and O–H groups in total. The van der Waals surface area contributed by atoms with E-state index in [2.05, 4.69) is 46.8 Å². The molecule has 0 fully saturated rings. The van der Waals surface area contributed by atoms with Gasteiger partial charge in [-0.25, -0.2) is 4.79 Å². The predicted molar refractivity (Wildman–Crippen MR) is 85.8 cm³/mol. The zero-order chi connectivity index (χ0) is 14.3. The second kappa shape index (κ2) is 7.59. The second-order valence-electron chi connectivity index (χ2n) is 3.34. The molecule has 0 amide bonds. The molecule has 2 aromatic rings.